The van der Waals surface area contributed by atoms with Crippen molar-refractivity contribution in [2.45, 2.75) is 26.2 Å². The van der Waals surface area contributed by atoms with Crippen LogP contribution >= 0.6 is 0 Å². The Morgan fingerprint density at radius 3 is 3.00 bits per heavy atom. The van der Waals surface area contributed by atoms with Crippen LogP contribution in [0.4, 0.5) is 4.39 Å². The molecule has 1 rings (SSSR count). The van der Waals surface area contributed by atoms with Crippen molar-refractivity contribution >= 4 is 5.78 Å². The normalized spacial score (nSPS) is 24.6. The fraction of sp³-hybridized carbons (Fsp3) is 0.900. The monoisotopic (exact) mass is 187 g/mol. The number of hydrogen-bond acceptors (Lipinski definition) is 2. The number of nitrogens with zero attached hydrogens (tertiary/aromatic N) is 1. The molecule has 0 amide bonds. The molecule has 0 aromatic carbocycles. The number of Topliss-reactive ketones (excluding diaryl/α,β-unsaturated/α-hetero) is 1. The molecule has 0 radical (unpaired) electrons. The number of rotatable bonds is 4. The highest BCUT2D eigenvalue weighted by atomic mass is 19.1. The van der Waals surface area contributed by atoms with E-state index in [0.29, 0.717) is 6.42 Å². The molecule has 1 atom stereocenters. The van der Waals surface area contributed by atoms with Crippen LogP contribution in [0.15, 0.2) is 0 Å². The van der Waals surface area contributed by atoms with Crippen LogP contribution < -0.4 is 0 Å². The lowest BCUT2D eigenvalue weighted by molar-refractivity contribution is -0.122. The average molecular weight is 187 g/mol. The molecule has 0 saturated carbocycles. The Morgan fingerprint density at radius 1 is 1.62 bits per heavy atom. The Morgan fingerprint density at radius 2 is 2.38 bits per heavy atom. The van der Waals surface area contributed by atoms with E-state index in [9.17, 15) is 9.18 Å². The van der Waals surface area contributed by atoms with Gasteiger partial charge in [0.2, 0.25) is 0 Å². The molecule has 0 bridgehead atoms. The molecule has 0 aromatic heterocycles. The van der Waals surface area contributed by atoms with Gasteiger partial charge in [0.15, 0.2) is 0 Å². The molecular formula is C10H18FNO. The van der Waals surface area contributed by atoms with Crippen LogP contribution in [0, 0.1) is 5.92 Å². The summed E-state index contributed by atoms with van der Waals surface area (Å²) in [7, 11) is 0. The number of carbonyl (C=O) groups is 1. The van der Waals surface area contributed by atoms with Gasteiger partial charge in [0.05, 0.1) is 6.67 Å². The zero-order valence-electron chi connectivity index (χ0n) is 8.26. The zero-order valence-corrected chi connectivity index (χ0v) is 8.26. The summed E-state index contributed by atoms with van der Waals surface area (Å²) < 4.78 is 11.9. The highest BCUT2D eigenvalue weighted by Crippen LogP contribution is 2.17. The molecule has 1 aliphatic rings. The molecule has 2 nitrogen and oxygen atoms in total. The second-order valence-electron chi connectivity index (χ2n) is 3.79. The standard InChI is InChI=1S/C10H18FNO/c1-9(13)10-4-2-6-12(8-10)7-3-5-11/h10H,2-8H2,1H3. The maximum Gasteiger partial charge on any atom is 0.134 e. The summed E-state index contributed by atoms with van der Waals surface area (Å²) in [5.74, 6) is 0.485. The maximum absolute atomic E-state index is 11.9. The first kappa shape index (κ1) is 10.6. The van der Waals surface area contributed by atoms with E-state index in [-0.39, 0.29) is 18.4 Å². The molecule has 0 aliphatic carbocycles. The van der Waals surface area contributed by atoms with Crippen molar-refractivity contribution in [1.29, 1.82) is 0 Å². The van der Waals surface area contributed by atoms with Gasteiger partial charge in [0.25, 0.3) is 0 Å². The first-order valence-corrected chi connectivity index (χ1v) is 5.03. The van der Waals surface area contributed by atoms with E-state index < -0.39 is 0 Å². The van der Waals surface area contributed by atoms with E-state index in [1.807, 2.05) is 0 Å². The molecule has 0 aromatic rings. The molecule has 0 N–H and O–H groups in total. The summed E-state index contributed by atoms with van der Waals surface area (Å²) in [4.78, 5) is 13.3. The van der Waals surface area contributed by atoms with Crippen molar-refractivity contribution < 1.29 is 9.18 Å². The fourth-order valence-corrected chi connectivity index (χ4v) is 1.87. The lowest BCUT2D eigenvalue weighted by Gasteiger charge is -2.31. The van der Waals surface area contributed by atoms with Crippen LogP contribution in [0.3, 0.4) is 0 Å². The van der Waals surface area contributed by atoms with E-state index in [1.54, 1.807) is 6.92 Å². The van der Waals surface area contributed by atoms with Gasteiger partial charge in [-0.25, -0.2) is 0 Å². The topological polar surface area (TPSA) is 20.3 Å². The molecule has 0 spiro atoms. The third kappa shape index (κ3) is 3.43. The second kappa shape index (κ2) is 5.32. The van der Waals surface area contributed by atoms with Crippen molar-refractivity contribution in [2.24, 2.45) is 5.92 Å². The number of hydrogen-bond donors (Lipinski definition) is 0. The molecule has 1 aliphatic heterocycles. The Kier molecular flexibility index (Phi) is 4.36. The lowest BCUT2D eigenvalue weighted by Crippen LogP contribution is -2.38. The van der Waals surface area contributed by atoms with Gasteiger partial charge >= 0.3 is 0 Å². The molecule has 1 fully saturated rings. The van der Waals surface area contributed by atoms with Crippen molar-refractivity contribution in [2.75, 3.05) is 26.3 Å². The molecular weight excluding hydrogens is 169 g/mol. The minimum Gasteiger partial charge on any atom is -0.303 e. The summed E-state index contributed by atoms with van der Waals surface area (Å²) in [6.45, 7) is 4.09. The maximum atomic E-state index is 11.9. The van der Waals surface area contributed by atoms with E-state index >= 15 is 0 Å². The second-order valence-corrected chi connectivity index (χ2v) is 3.79. The van der Waals surface area contributed by atoms with E-state index in [0.717, 1.165) is 32.5 Å². The van der Waals surface area contributed by atoms with Gasteiger partial charge in [-0.05, 0) is 32.7 Å². The summed E-state index contributed by atoms with van der Waals surface area (Å²) in [6.07, 6.45) is 2.70. The van der Waals surface area contributed by atoms with E-state index in [2.05, 4.69) is 4.90 Å². The van der Waals surface area contributed by atoms with Gasteiger partial charge in [0, 0.05) is 19.0 Å². The first-order valence-electron chi connectivity index (χ1n) is 5.03. The average Bonchev–Trinajstić information content (AvgIpc) is 2.15. The first-order chi connectivity index (χ1) is 6.24. The minimum atomic E-state index is -0.249. The van der Waals surface area contributed by atoms with Crippen molar-refractivity contribution in [3.05, 3.63) is 0 Å². The Hall–Kier alpha value is -0.440. The van der Waals surface area contributed by atoms with Crippen molar-refractivity contribution in [3.8, 4) is 0 Å². The highest BCUT2D eigenvalue weighted by molar-refractivity contribution is 5.78. The van der Waals surface area contributed by atoms with Crippen LogP contribution in [0.5, 0.6) is 0 Å². The van der Waals surface area contributed by atoms with Gasteiger partial charge < -0.3 is 4.90 Å². The third-order valence-corrected chi connectivity index (χ3v) is 2.69. The molecule has 1 saturated heterocycles. The summed E-state index contributed by atoms with van der Waals surface area (Å²) in [6, 6.07) is 0. The predicted molar refractivity (Wildman–Crippen MR) is 50.4 cm³/mol. The molecule has 13 heavy (non-hydrogen) atoms. The van der Waals surface area contributed by atoms with Crippen LogP contribution in [-0.4, -0.2) is 37.0 Å². The molecule has 76 valence electrons. The number of ketones is 1. The zero-order chi connectivity index (χ0) is 9.68. The van der Waals surface area contributed by atoms with E-state index in [4.69, 9.17) is 0 Å². The minimum absolute atomic E-state index is 0.202. The number of likely N-dealkylation sites (tertiary alicyclic amines) is 1. The number of piperidine rings is 1. The number of alkyl halides is 1. The van der Waals surface area contributed by atoms with Gasteiger partial charge in [-0.15, -0.1) is 0 Å². The van der Waals surface area contributed by atoms with Gasteiger partial charge in [0.1, 0.15) is 5.78 Å². The van der Waals surface area contributed by atoms with Crippen LogP contribution in [0.25, 0.3) is 0 Å². The third-order valence-electron chi connectivity index (χ3n) is 2.69. The SMILES string of the molecule is CC(=O)C1CCCN(CCCF)C1. The summed E-state index contributed by atoms with van der Waals surface area (Å²) in [5, 5.41) is 0. The van der Waals surface area contributed by atoms with Crippen molar-refractivity contribution in [1.82, 2.24) is 4.90 Å². The van der Waals surface area contributed by atoms with Gasteiger partial charge in [-0.2, -0.15) is 0 Å². The largest absolute Gasteiger partial charge is 0.303 e. The molecule has 3 heteroatoms. The molecule has 1 unspecified atom stereocenters. The highest BCUT2D eigenvalue weighted by Gasteiger charge is 2.22. The van der Waals surface area contributed by atoms with Gasteiger partial charge in [-0.3, -0.25) is 9.18 Å². The molecule has 1 heterocycles. The van der Waals surface area contributed by atoms with E-state index in [1.165, 1.54) is 0 Å². The summed E-state index contributed by atoms with van der Waals surface area (Å²) in [5.41, 5.74) is 0. The predicted octanol–water partition coefficient (Wildman–Crippen LogP) is 1.65. The van der Waals surface area contributed by atoms with Crippen LogP contribution in [0.1, 0.15) is 26.2 Å². The Labute approximate surface area is 79.1 Å². The quantitative estimate of drug-likeness (QED) is 0.667. The van der Waals surface area contributed by atoms with Crippen molar-refractivity contribution in [3.63, 3.8) is 0 Å². The van der Waals surface area contributed by atoms with Gasteiger partial charge in [-0.1, -0.05) is 0 Å². The van der Waals surface area contributed by atoms with Crippen LogP contribution in [0.2, 0.25) is 0 Å². The Balaban J connectivity index is 2.29. The van der Waals surface area contributed by atoms with Crippen LogP contribution in [-0.2, 0) is 4.79 Å². The number of carbonyl (C=O) groups excluding carboxylic acids is 1. The lowest BCUT2D eigenvalue weighted by atomic mass is 9.94. The Bertz CT molecular complexity index is 172. The fourth-order valence-electron chi connectivity index (χ4n) is 1.87. The smallest absolute Gasteiger partial charge is 0.134 e. The number of halogens is 1. The summed E-state index contributed by atoms with van der Waals surface area (Å²) >= 11 is 0.